The first kappa shape index (κ1) is 14.1. The topological polar surface area (TPSA) is 55.4 Å². The summed E-state index contributed by atoms with van der Waals surface area (Å²) in [6.45, 7) is -3.14. The number of hydrogen-bond donors (Lipinski definition) is 1. The zero-order chi connectivity index (χ0) is 13.1. The molecule has 1 rings (SSSR count). The molecule has 0 aromatic heterocycles. The summed E-state index contributed by atoms with van der Waals surface area (Å²) < 4.78 is 64.6. The van der Waals surface area contributed by atoms with Gasteiger partial charge in [-0.1, -0.05) is 15.9 Å². The predicted octanol–water partition coefficient (Wildman–Crippen LogP) is 2.52. The second kappa shape index (κ2) is 5.58. The lowest BCUT2D eigenvalue weighted by atomic mass is 10.3. The van der Waals surface area contributed by atoms with E-state index in [1.54, 1.807) is 0 Å². The molecule has 17 heavy (non-hydrogen) atoms. The van der Waals surface area contributed by atoms with Gasteiger partial charge in [-0.05, 0) is 12.1 Å². The Labute approximate surface area is 104 Å². The number of rotatable bonds is 5. The van der Waals surface area contributed by atoms with Gasteiger partial charge in [0.1, 0.15) is 4.66 Å². The van der Waals surface area contributed by atoms with Gasteiger partial charge in [-0.3, -0.25) is 4.72 Å². The number of alkyl halides is 3. The van der Waals surface area contributed by atoms with E-state index in [-0.39, 0.29) is 10.3 Å². The normalized spacial score (nSPS) is 11.6. The van der Waals surface area contributed by atoms with E-state index in [0.29, 0.717) is 0 Å². The van der Waals surface area contributed by atoms with Crippen LogP contribution in [0.4, 0.5) is 18.9 Å². The first-order valence-electron chi connectivity index (χ1n) is 4.15. The first-order chi connectivity index (χ1) is 7.84. The third-order valence-electron chi connectivity index (χ3n) is 1.56. The summed E-state index contributed by atoms with van der Waals surface area (Å²) in [7, 11) is -3.61. The van der Waals surface area contributed by atoms with Crippen molar-refractivity contribution >= 4 is 31.6 Å². The van der Waals surface area contributed by atoms with Crippen LogP contribution in [0.1, 0.15) is 0 Å². The molecule has 0 saturated carbocycles. The highest BCUT2D eigenvalue weighted by Crippen LogP contribution is 2.23. The lowest BCUT2D eigenvalue weighted by molar-refractivity contribution is -0.0521. The Morgan fingerprint density at radius 3 is 2.53 bits per heavy atom. The van der Waals surface area contributed by atoms with Gasteiger partial charge in [0, 0.05) is 6.07 Å². The van der Waals surface area contributed by atoms with E-state index in [1.165, 1.54) is 0 Å². The summed E-state index contributed by atoms with van der Waals surface area (Å²) >= 11 is 2.73. The highest BCUT2D eigenvalue weighted by molar-refractivity contribution is 9.10. The van der Waals surface area contributed by atoms with E-state index >= 15 is 0 Å². The average Bonchev–Trinajstić information content (AvgIpc) is 2.21. The molecule has 0 atom stereocenters. The third kappa shape index (κ3) is 4.43. The number of ether oxygens (including phenoxy) is 1. The van der Waals surface area contributed by atoms with Crippen LogP contribution in [0.15, 0.2) is 18.2 Å². The van der Waals surface area contributed by atoms with Gasteiger partial charge in [0.2, 0.25) is 10.0 Å². The third-order valence-corrected chi connectivity index (χ3v) is 4.21. The van der Waals surface area contributed by atoms with Crippen LogP contribution in [-0.4, -0.2) is 19.7 Å². The van der Waals surface area contributed by atoms with Crippen molar-refractivity contribution in [1.29, 1.82) is 0 Å². The highest BCUT2D eigenvalue weighted by Gasteiger charge is 2.13. The standard InChI is InChI=1S/C8H7BrF3NO3S/c9-4-17(14,15)13-5-1-2-7(6(10)3-5)16-8(11)12/h1-3,8,13H,4H2. The molecule has 0 heterocycles. The summed E-state index contributed by atoms with van der Waals surface area (Å²) in [6, 6.07) is 2.77. The second-order valence-corrected chi connectivity index (χ2v) is 5.87. The van der Waals surface area contributed by atoms with Crippen LogP contribution in [0, 0.1) is 5.82 Å². The molecule has 1 aromatic rings. The number of benzene rings is 1. The van der Waals surface area contributed by atoms with Crippen molar-refractivity contribution in [3.63, 3.8) is 0 Å². The van der Waals surface area contributed by atoms with Gasteiger partial charge in [0.25, 0.3) is 0 Å². The first-order valence-corrected chi connectivity index (χ1v) is 6.92. The Bertz CT molecular complexity index is 495. The Kier molecular flexibility index (Phi) is 4.63. The number of hydrogen-bond acceptors (Lipinski definition) is 3. The van der Waals surface area contributed by atoms with Crippen LogP contribution in [-0.2, 0) is 10.0 Å². The largest absolute Gasteiger partial charge is 0.432 e. The number of nitrogens with one attached hydrogen (secondary N) is 1. The van der Waals surface area contributed by atoms with Gasteiger partial charge in [-0.2, -0.15) is 8.78 Å². The Balaban J connectivity index is 2.89. The Morgan fingerprint density at radius 2 is 2.06 bits per heavy atom. The van der Waals surface area contributed by atoms with E-state index < -0.39 is 28.2 Å². The lowest BCUT2D eigenvalue weighted by Gasteiger charge is -2.08. The van der Waals surface area contributed by atoms with Gasteiger partial charge in [-0.25, -0.2) is 12.8 Å². The fraction of sp³-hybridized carbons (Fsp3) is 0.250. The van der Waals surface area contributed by atoms with Crippen molar-refractivity contribution in [2.45, 2.75) is 6.61 Å². The minimum atomic E-state index is -3.61. The Hall–Kier alpha value is -0.960. The fourth-order valence-corrected chi connectivity index (χ4v) is 1.85. The maximum atomic E-state index is 13.2. The summed E-state index contributed by atoms with van der Waals surface area (Å²) in [6.07, 6.45) is 0. The molecule has 0 aliphatic rings. The van der Waals surface area contributed by atoms with Crippen molar-refractivity contribution in [3.8, 4) is 5.75 Å². The quantitative estimate of drug-likeness (QED) is 0.842. The molecule has 1 N–H and O–H groups in total. The maximum absolute atomic E-state index is 13.2. The number of halogens is 4. The van der Waals surface area contributed by atoms with E-state index in [9.17, 15) is 21.6 Å². The number of sulfonamides is 1. The molecule has 0 bridgehead atoms. The zero-order valence-corrected chi connectivity index (χ0v) is 10.6. The van der Waals surface area contributed by atoms with Gasteiger partial charge < -0.3 is 4.74 Å². The van der Waals surface area contributed by atoms with Crippen LogP contribution in [0.25, 0.3) is 0 Å². The van der Waals surface area contributed by atoms with Crippen LogP contribution < -0.4 is 9.46 Å². The summed E-state index contributed by atoms with van der Waals surface area (Å²) in [5, 5.41) is 0. The minimum Gasteiger partial charge on any atom is -0.432 e. The monoisotopic (exact) mass is 333 g/mol. The molecule has 0 unspecified atom stereocenters. The molecule has 96 valence electrons. The lowest BCUT2D eigenvalue weighted by Crippen LogP contribution is -2.13. The van der Waals surface area contributed by atoms with Crippen molar-refractivity contribution in [2.24, 2.45) is 0 Å². The minimum absolute atomic E-state index is 0.0800. The molecular weight excluding hydrogens is 327 g/mol. The van der Waals surface area contributed by atoms with Crippen LogP contribution >= 0.6 is 15.9 Å². The van der Waals surface area contributed by atoms with Crippen molar-refractivity contribution in [1.82, 2.24) is 0 Å². The van der Waals surface area contributed by atoms with Gasteiger partial charge >= 0.3 is 6.61 Å². The van der Waals surface area contributed by atoms with Crippen LogP contribution in [0.5, 0.6) is 5.75 Å². The van der Waals surface area contributed by atoms with Gasteiger partial charge in [0.15, 0.2) is 11.6 Å². The van der Waals surface area contributed by atoms with Gasteiger partial charge in [0.05, 0.1) is 5.69 Å². The average molecular weight is 334 g/mol. The van der Waals surface area contributed by atoms with E-state index in [2.05, 4.69) is 20.7 Å². The smallest absolute Gasteiger partial charge is 0.387 e. The molecule has 4 nitrogen and oxygen atoms in total. The van der Waals surface area contributed by atoms with E-state index in [0.717, 1.165) is 18.2 Å². The SMILES string of the molecule is O=S(=O)(CBr)Nc1ccc(OC(F)F)c(F)c1. The van der Waals surface area contributed by atoms with E-state index in [1.807, 2.05) is 4.72 Å². The summed E-state index contributed by atoms with van der Waals surface area (Å²) in [4.78, 5) is 0. The molecule has 1 aromatic carbocycles. The molecule has 0 fully saturated rings. The molecular formula is C8H7BrF3NO3S. The van der Waals surface area contributed by atoms with Crippen molar-refractivity contribution < 1.29 is 26.3 Å². The molecule has 0 spiro atoms. The predicted molar refractivity (Wildman–Crippen MR) is 59.4 cm³/mol. The Morgan fingerprint density at radius 1 is 1.41 bits per heavy atom. The molecule has 0 amide bonds. The zero-order valence-electron chi connectivity index (χ0n) is 8.16. The number of anilines is 1. The fourth-order valence-electron chi connectivity index (χ4n) is 0.963. The molecule has 9 heteroatoms. The maximum Gasteiger partial charge on any atom is 0.387 e. The van der Waals surface area contributed by atoms with Crippen LogP contribution in [0.2, 0.25) is 0 Å². The molecule has 0 radical (unpaired) electrons. The van der Waals surface area contributed by atoms with Crippen LogP contribution in [0.3, 0.4) is 0 Å². The second-order valence-electron chi connectivity index (χ2n) is 2.85. The van der Waals surface area contributed by atoms with Crippen molar-refractivity contribution in [3.05, 3.63) is 24.0 Å². The summed E-state index contributed by atoms with van der Waals surface area (Å²) in [5.74, 6) is -1.73. The van der Waals surface area contributed by atoms with E-state index in [4.69, 9.17) is 0 Å². The van der Waals surface area contributed by atoms with Crippen molar-refractivity contribution in [2.75, 3.05) is 9.38 Å². The highest BCUT2D eigenvalue weighted by atomic mass is 79.9. The molecule has 0 aliphatic heterocycles. The summed E-state index contributed by atoms with van der Waals surface area (Å²) in [5.41, 5.74) is -0.0800. The van der Waals surface area contributed by atoms with Gasteiger partial charge in [-0.15, -0.1) is 0 Å². The molecule has 0 saturated heterocycles. The molecule has 0 aliphatic carbocycles.